The van der Waals surface area contributed by atoms with Gasteiger partial charge in [0.15, 0.2) is 5.78 Å². The minimum absolute atomic E-state index is 0.140. The van der Waals surface area contributed by atoms with E-state index in [1.54, 1.807) is 0 Å². The van der Waals surface area contributed by atoms with E-state index in [1.807, 2.05) is 0 Å². The van der Waals surface area contributed by atoms with E-state index in [0.29, 0.717) is 12.0 Å². The second-order valence-electron chi connectivity index (χ2n) is 3.63. The summed E-state index contributed by atoms with van der Waals surface area (Å²) in [6.45, 7) is 0. The van der Waals surface area contributed by atoms with Crippen molar-refractivity contribution in [2.45, 2.75) is 19.0 Å². The number of rotatable bonds is 1. The minimum Gasteiger partial charge on any atom is -0.497 e. The maximum absolute atomic E-state index is 12.7. The second-order valence-corrected chi connectivity index (χ2v) is 3.63. The number of halogens is 3. The summed E-state index contributed by atoms with van der Waals surface area (Å²) in [4.78, 5) is 11.4. The first-order valence-corrected chi connectivity index (χ1v) is 4.75. The predicted molar refractivity (Wildman–Crippen MR) is 50.6 cm³/mol. The number of ether oxygens (including phenoxy) is 1. The Kier molecular flexibility index (Phi) is 2.40. The maximum atomic E-state index is 12.7. The molecule has 0 amide bonds. The van der Waals surface area contributed by atoms with Gasteiger partial charge in [-0.2, -0.15) is 13.2 Å². The highest BCUT2D eigenvalue weighted by atomic mass is 19.4. The molecule has 1 aliphatic carbocycles. The summed E-state index contributed by atoms with van der Waals surface area (Å²) >= 11 is 0. The Hall–Kier alpha value is -1.52. The standard InChI is InChI=1S/C11H9F3O2/c1-16-7-4-6-2-3-9(15)10(6)8(5-7)11(12,13)14/h4-5H,2-3H2,1H3. The fourth-order valence-corrected chi connectivity index (χ4v) is 1.91. The van der Waals surface area contributed by atoms with Crippen LogP contribution in [0.15, 0.2) is 12.1 Å². The van der Waals surface area contributed by atoms with E-state index in [0.717, 1.165) is 6.07 Å². The zero-order valence-corrected chi connectivity index (χ0v) is 8.52. The van der Waals surface area contributed by atoms with E-state index in [1.165, 1.54) is 13.2 Å². The van der Waals surface area contributed by atoms with Gasteiger partial charge in [0.2, 0.25) is 0 Å². The molecule has 16 heavy (non-hydrogen) atoms. The number of alkyl halides is 3. The smallest absolute Gasteiger partial charge is 0.417 e. The molecule has 1 aromatic rings. The lowest BCUT2D eigenvalue weighted by Crippen LogP contribution is -2.12. The molecule has 0 spiro atoms. The third-order valence-electron chi connectivity index (χ3n) is 2.63. The second kappa shape index (κ2) is 3.50. The Morgan fingerprint density at radius 2 is 1.94 bits per heavy atom. The summed E-state index contributed by atoms with van der Waals surface area (Å²) in [5.74, 6) is -0.300. The number of carbonyl (C=O) groups is 1. The number of hydrogen-bond donors (Lipinski definition) is 0. The van der Waals surface area contributed by atoms with E-state index in [2.05, 4.69) is 0 Å². The highest BCUT2D eigenvalue weighted by Gasteiger charge is 2.38. The Morgan fingerprint density at radius 3 is 2.50 bits per heavy atom. The summed E-state index contributed by atoms with van der Waals surface area (Å²) in [6.07, 6.45) is -4.02. The van der Waals surface area contributed by atoms with Crippen LogP contribution in [0.4, 0.5) is 13.2 Å². The van der Waals surface area contributed by atoms with Crippen LogP contribution in [0.2, 0.25) is 0 Å². The van der Waals surface area contributed by atoms with Crippen molar-refractivity contribution >= 4 is 5.78 Å². The van der Waals surface area contributed by atoms with E-state index in [4.69, 9.17) is 4.74 Å². The average Bonchev–Trinajstić information content (AvgIpc) is 2.58. The van der Waals surface area contributed by atoms with Gasteiger partial charge < -0.3 is 4.74 Å². The van der Waals surface area contributed by atoms with Gasteiger partial charge in [0, 0.05) is 12.0 Å². The average molecular weight is 230 g/mol. The fourth-order valence-electron chi connectivity index (χ4n) is 1.91. The molecular formula is C11H9F3O2. The number of Topliss-reactive ketones (excluding diaryl/α,β-unsaturated/α-hetero) is 1. The summed E-state index contributed by atoms with van der Waals surface area (Å²) in [7, 11) is 1.30. The van der Waals surface area contributed by atoms with Crippen molar-refractivity contribution in [1.29, 1.82) is 0 Å². The predicted octanol–water partition coefficient (Wildman–Crippen LogP) is 2.84. The first kappa shape index (κ1) is 11.0. The molecule has 0 heterocycles. The first-order valence-electron chi connectivity index (χ1n) is 4.75. The van der Waals surface area contributed by atoms with Gasteiger partial charge in [0.05, 0.1) is 12.7 Å². The van der Waals surface area contributed by atoms with Crippen molar-refractivity contribution in [2.24, 2.45) is 0 Å². The molecule has 0 radical (unpaired) electrons. The SMILES string of the molecule is COc1cc2c(c(C(F)(F)F)c1)C(=O)CC2. The summed E-state index contributed by atoms with van der Waals surface area (Å²) in [6, 6.07) is 2.37. The van der Waals surface area contributed by atoms with Gasteiger partial charge in [-0.1, -0.05) is 0 Å². The molecule has 86 valence electrons. The Morgan fingerprint density at radius 1 is 1.25 bits per heavy atom. The largest absolute Gasteiger partial charge is 0.497 e. The number of ketones is 1. The fraction of sp³-hybridized carbons (Fsp3) is 0.364. The third-order valence-corrected chi connectivity index (χ3v) is 2.63. The van der Waals surface area contributed by atoms with E-state index in [-0.39, 0.29) is 17.7 Å². The Bertz CT molecular complexity index is 449. The zero-order chi connectivity index (χ0) is 11.9. The van der Waals surface area contributed by atoms with Crippen LogP contribution in [0.1, 0.15) is 27.9 Å². The molecule has 0 aromatic heterocycles. The molecule has 0 fully saturated rings. The summed E-state index contributed by atoms with van der Waals surface area (Å²) in [5, 5.41) is 0. The molecule has 5 heteroatoms. The van der Waals surface area contributed by atoms with Crippen LogP contribution in [0.5, 0.6) is 5.75 Å². The number of methoxy groups -OCH3 is 1. The monoisotopic (exact) mass is 230 g/mol. The van der Waals surface area contributed by atoms with Crippen molar-refractivity contribution in [2.75, 3.05) is 7.11 Å². The van der Waals surface area contributed by atoms with Gasteiger partial charge in [0.1, 0.15) is 5.75 Å². The van der Waals surface area contributed by atoms with Gasteiger partial charge in [-0.25, -0.2) is 0 Å². The number of benzene rings is 1. The highest BCUT2D eigenvalue weighted by Crippen LogP contribution is 2.39. The number of carbonyl (C=O) groups excluding carboxylic acids is 1. The van der Waals surface area contributed by atoms with Gasteiger partial charge >= 0.3 is 6.18 Å². The molecule has 0 bridgehead atoms. The molecule has 0 atom stereocenters. The molecular weight excluding hydrogens is 221 g/mol. The van der Waals surface area contributed by atoms with Gasteiger partial charge in [-0.05, 0) is 24.1 Å². The zero-order valence-electron chi connectivity index (χ0n) is 8.52. The maximum Gasteiger partial charge on any atom is 0.417 e. The molecule has 0 saturated heterocycles. The van der Waals surface area contributed by atoms with Crippen LogP contribution < -0.4 is 4.74 Å². The van der Waals surface area contributed by atoms with Gasteiger partial charge in [-0.3, -0.25) is 4.79 Å². The topological polar surface area (TPSA) is 26.3 Å². The number of hydrogen-bond acceptors (Lipinski definition) is 2. The van der Waals surface area contributed by atoms with Gasteiger partial charge in [0.25, 0.3) is 0 Å². The molecule has 0 aliphatic heterocycles. The molecule has 2 rings (SSSR count). The van der Waals surface area contributed by atoms with Crippen LogP contribution in [0.3, 0.4) is 0 Å². The van der Waals surface area contributed by atoms with E-state index in [9.17, 15) is 18.0 Å². The van der Waals surface area contributed by atoms with Crippen LogP contribution in [0, 0.1) is 0 Å². The minimum atomic E-state index is -4.52. The Labute approximate surface area is 90.0 Å². The van der Waals surface area contributed by atoms with Gasteiger partial charge in [-0.15, -0.1) is 0 Å². The lowest BCUT2D eigenvalue weighted by molar-refractivity contribution is -0.138. The van der Waals surface area contributed by atoms with Crippen molar-refractivity contribution in [3.8, 4) is 5.75 Å². The molecule has 0 N–H and O–H groups in total. The molecule has 2 nitrogen and oxygen atoms in total. The molecule has 0 saturated carbocycles. The normalized spacial score (nSPS) is 15.1. The molecule has 1 aromatic carbocycles. The number of aryl methyl sites for hydroxylation is 1. The van der Waals surface area contributed by atoms with E-state index >= 15 is 0 Å². The summed E-state index contributed by atoms with van der Waals surface area (Å²) < 4.78 is 43.0. The van der Waals surface area contributed by atoms with Crippen LogP contribution in [-0.4, -0.2) is 12.9 Å². The van der Waals surface area contributed by atoms with Crippen molar-refractivity contribution in [3.63, 3.8) is 0 Å². The highest BCUT2D eigenvalue weighted by molar-refractivity contribution is 6.02. The third kappa shape index (κ3) is 1.66. The quantitative estimate of drug-likeness (QED) is 0.741. The van der Waals surface area contributed by atoms with Crippen molar-refractivity contribution in [1.82, 2.24) is 0 Å². The van der Waals surface area contributed by atoms with Crippen LogP contribution in [0.25, 0.3) is 0 Å². The summed E-state index contributed by atoms with van der Waals surface area (Å²) in [5.41, 5.74) is -0.644. The van der Waals surface area contributed by atoms with Crippen molar-refractivity contribution < 1.29 is 22.7 Å². The lowest BCUT2D eigenvalue weighted by atomic mass is 10.0. The molecule has 1 aliphatic rings. The van der Waals surface area contributed by atoms with Crippen molar-refractivity contribution in [3.05, 3.63) is 28.8 Å². The lowest BCUT2D eigenvalue weighted by Gasteiger charge is -2.13. The number of fused-ring (bicyclic) bond motifs is 1. The van der Waals surface area contributed by atoms with E-state index < -0.39 is 17.5 Å². The molecule has 0 unspecified atom stereocenters. The van der Waals surface area contributed by atoms with Crippen LogP contribution >= 0.6 is 0 Å². The first-order chi connectivity index (χ1) is 7.43. The van der Waals surface area contributed by atoms with Crippen LogP contribution in [-0.2, 0) is 12.6 Å². The Balaban J connectivity index is 2.67.